The molecule has 1 unspecified atom stereocenters. The average molecular weight is 631 g/mol. The lowest BCUT2D eigenvalue weighted by molar-refractivity contribution is -0.131. The zero-order valence-electron chi connectivity index (χ0n) is 27.2. The molecule has 48 heavy (non-hydrogen) atoms. The highest BCUT2D eigenvalue weighted by molar-refractivity contribution is 6.29. The minimum atomic E-state index is -0.660. The third-order valence-electron chi connectivity index (χ3n) is 9.98. The zero-order chi connectivity index (χ0) is 33.3. The van der Waals surface area contributed by atoms with E-state index >= 15 is 0 Å². The molecule has 0 bridgehead atoms. The Balaban J connectivity index is 1.31. The summed E-state index contributed by atoms with van der Waals surface area (Å²) in [6.07, 6.45) is 2.26. The summed E-state index contributed by atoms with van der Waals surface area (Å²) in [4.78, 5) is 34.3. The molecule has 0 saturated carbocycles. The van der Waals surface area contributed by atoms with E-state index in [0.717, 1.165) is 44.4 Å². The molecular formula is C42H38N4O2. The molecule has 1 aliphatic heterocycles. The second kappa shape index (κ2) is 12.5. The Morgan fingerprint density at radius 2 is 1.33 bits per heavy atom. The standard InChI is InChI=1S/C42H38N4O2/c1-41(2)40(39(48)28-47)46(29-45(41)27-30-24-25-44-38-26-35(43)20-23-37(30)38)36-21-18-34(19-22-36)42(31-12-6-3-7-13-31,32-14-8-4-9-15-32)33-16-10-5-11-17-33/h3-26,28,40H,27,29,43H2,1-2H3. The average Bonchev–Trinajstić information content (AvgIpc) is 3.39. The molecule has 6 heteroatoms. The third kappa shape index (κ3) is 5.24. The minimum Gasteiger partial charge on any atom is -0.399 e. The summed E-state index contributed by atoms with van der Waals surface area (Å²) in [5.41, 5.74) is 12.8. The molecule has 2 N–H and O–H groups in total. The van der Waals surface area contributed by atoms with Gasteiger partial charge in [-0.05, 0) is 72.0 Å². The van der Waals surface area contributed by atoms with E-state index < -0.39 is 22.8 Å². The Morgan fingerprint density at radius 1 is 0.792 bits per heavy atom. The number of carbonyl (C=O) groups excluding carboxylic acids is 2. The predicted octanol–water partition coefficient (Wildman–Crippen LogP) is 7.39. The SMILES string of the molecule is CC1(C)C(C(=O)C=O)N(c2ccc(C(c3ccccc3)(c3ccccc3)c3ccccc3)cc2)CN1Cc1ccnc2cc(N)ccc12. The fourth-order valence-corrected chi connectivity index (χ4v) is 7.59. The van der Waals surface area contributed by atoms with Crippen LogP contribution in [0.15, 0.2) is 146 Å². The molecule has 1 aromatic heterocycles. The highest BCUT2D eigenvalue weighted by Gasteiger charge is 2.50. The van der Waals surface area contributed by atoms with Gasteiger partial charge in [-0.1, -0.05) is 109 Å². The number of fused-ring (bicyclic) bond motifs is 1. The van der Waals surface area contributed by atoms with Gasteiger partial charge in [0, 0.05) is 35.0 Å². The van der Waals surface area contributed by atoms with Crippen LogP contribution in [0.5, 0.6) is 0 Å². The van der Waals surface area contributed by atoms with Crippen LogP contribution < -0.4 is 10.6 Å². The molecule has 6 aromatic rings. The third-order valence-corrected chi connectivity index (χ3v) is 9.98. The Hall–Kier alpha value is -5.59. The van der Waals surface area contributed by atoms with Crippen LogP contribution in [-0.4, -0.2) is 40.2 Å². The maximum atomic E-state index is 13.4. The number of aldehydes is 1. The second-order valence-electron chi connectivity index (χ2n) is 13.0. The van der Waals surface area contributed by atoms with E-state index in [9.17, 15) is 9.59 Å². The molecule has 1 atom stereocenters. The second-order valence-corrected chi connectivity index (χ2v) is 13.0. The lowest BCUT2D eigenvalue weighted by Gasteiger charge is -2.37. The Kier molecular flexibility index (Phi) is 8.11. The van der Waals surface area contributed by atoms with Crippen LogP contribution in [0.4, 0.5) is 11.4 Å². The van der Waals surface area contributed by atoms with Crippen LogP contribution in [0.25, 0.3) is 10.9 Å². The Labute approximate surface area is 281 Å². The Bertz CT molecular complexity index is 1970. The summed E-state index contributed by atoms with van der Waals surface area (Å²) in [5, 5.41) is 1.02. The summed E-state index contributed by atoms with van der Waals surface area (Å²) in [7, 11) is 0. The maximum Gasteiger partial charge on any atom is 0.219 e. The molecule has 2 heterocycles. The van der Waals surface area contributed by atoms with Crippen LogP contribution in [0.1, 0.15) is 41.7 Å². The van der Waals surface area contributed by atoms with E-state index in [-0.39, 0.29) is 0 Å². The molecule has 0 spiro atoms. The predicted molar refractivity (Wildman–Crippen MR) is 193 cm³/mol. The van der Waals surface area contributed by atoms with Crippen molar-refractivity contribution in [3.05, 3.63) is 174 Å². The number of hydrogen-bond acceptors (Lipinski definition) is 6. The van der Waals surface area contributed by atoms with Crippen molar-refractivity contribution in [2.24, 2.45) is 0 Å². The van der Waals surface area contributed by atoms with Gasteiger partial charge >= 0.3 is 0 Å². The summed E-state index contributed by atoms with van der Waals surface area (Å²) in [6.45, 7) is 5.13. The van der Waals surface area contributed by atoms with Gasteiger partial charge in [-0.3, -0.25) is 19.5 Å². The normalized spacial score (nSPS) is 16.2. The molecule has 1 fully saturated rings. The summed E-state index contributed by atoms with van der Waals surface area (Å²) in [6, 6.07) is 47.4. The number of nitrogens with zero attached hydrogens (tertiary/aromatic N) is 3. The van der Waals surface area contributed by atoms with Gasteiger partial charge < -0.3 is 10.6 Å². The van der Waals surface area contributed by atoms with Crippen molar-refractivity contribution in [3.8, 4) is 0 Å². The first-order valence-electron chi connectivity index (χ1n) is 16.2. The van der Waals surface area contributed by atoms with Gasteiger partial charge in [0.25, 0.3) is 0 Å². The number of carbonyl (C=O) groups is 2. The number of nitrogens with two attached hydrogens (primary N) is 1. The zero-order valence-corrected chi connectivity index (χ0v) is 27.2. The van der Waals surface area contributed by atoms with E-state index in [4.69, 9.17) is 5.73 Å². The lowest BCUT2D eigenvalue weighted by atomic mass is 9.65. The van der Waals surface area contributed by atoms with Crippen molar-refractivity contribution in [1.82, 2.24) is 9.88 Å². The number of nitrogen functional groups attached to an aromatic ring is 1. The van der Waals surface area contributed by atoms with E-state index in [0.29, 0.717) is 25.2 Å². The molecule has 7 rings (SSSR count). The van der Waals surface area contributed by atoms with Gasteiger partial charge in [0.1, 0.15) is 6.04 Å². The lowest BCUT2D eigenvalue weighted by Crippen LogP contribution is -2.51. The largest absolute Gasteiger partial charge is 0.399 e. The number of hydrogen-bond donors (Lipinski definition) is 1. The van der Waals surface area contributed by atoms with Crippen molar-refractivity contribution >= 4 is 34.3 Å². The van der Waals surface area contributed by atoms with Gasteiger partial charge in [-0.2, -0.15) is 0 Å². The number of benzene rings is 5. The summed E-state index contributed by atoms with van der Waals surface area (Å²) in [5.74, 6) is -0.439. The van der Waals surface area contributed by atoms with Crippen LogP contribution >= 0.6 is 0 Å². The first-order chi connectivity index (χ1) is 23.3. The number of rotatable bonds is 9. The fraction of sp³-hybridized carbons (Fsp3) is 0.167. The molecule has 238 valence electrons. The van der Waals surface area contributed by atoms with Crippen molar-refractivity contribution < 1.29 is 9.59 Å². The molecule has 0 radical (unpaired) electrons. The fourth-order valence-electron chi connectivity index (χ4n) is 7.59. The van der Waals surface area contributed by atoms with Crippen LogP contribution in [0.2, 0.25) is 0 Å². The Morgan fingerprint density at radius 3 is 1.88 bits per heavy atom. The van der Waals surface area contributed by atoms with Crippen molar-refractivity contribution in [3.63, 3.8) is 0 Å². The number of anilines is 2. The van der Waals surface area contributed by atoms with E-state index in [1.54, 1.807) is 6.20 Å². The molecule has 6 nitrogen and oxygen atoms in total. The smallest absolute Gasteiger partial charge is 0.219 e. The quantitative estimate of drug-likeness (QED) is 0.0777. The monoisotopic (exact) mass is 630 g/mol. The summed E-state index contributed by atoms with van der Waals surface area (Å²) < 4.78 is 0. The van der Waals surface area contributed by atoms with E-state index in [2.05, 4.69) is 112 Å². The van der Waals surface area contributed by atoms with Gasteiger partial charge in [-0.25, -0.2) is 0 Å². The van der Waals surface area contributed by atoms with Crippen LogP contribution in [-0.2, 0) is 21.5 Å². The molecule has 5 aromatic carbocycles. The highest BCUT2D eigenvalue weighted by Crippen LogP contribution is 2.46. The number of ketones is 1. The summed E-state index contributed by atoms with van der Waals surface area (Å²) >= 11 is 0. The van der Waals surface area contributed by atoms with Crippen molar-refractivity contribution in [1.29, 1.82) is 0 Å². The first-order valence-corrected chi connectivity index (χ1v) is 16.2. The van der Waals surface area contributed by atoms with Gasteiger partial charge in [-0.15, -0.1) is 0 Å². The van der Waals surface area contributed by atoms with Crippen LogP contribution in [0, 0.1) is 0 Å². The van der Waals surface area contributed by atoms with Crippen molar-refractivity contribution in [2.75, 3.05) is 17.3 Å². The number of pyridine rings is 1. The number of aromatic nitrogens is 1. The molecular weight excluding hydrogens is 592 g/mol. The van der Waals surface area contributed by atoms with Crippen LogP contribution in [0.3, 0.4) is 0 Å². The van der Waals surface area contributed by atoms with E-state index in [1.807, 2.05) is 56.3 Å². The van der Waals surface area contributed by atoms with Gasteiger partial charge in [0.2, 0.25) is 5.78 Å². The number of Topliss-reactive ketones (excluding diaryl/α,β-unsaturated/α-hetero) is 1. The van der Waals surface area contributed by atoms with Gasteiger partial charge in [0.15, 0.2) is 6.29 Å². The maximum absolute atomic E-state index is 13.4. The van der Waals surface area contributed by atoms with E-state index in [1.165, 1.54) is 0 Å². The van der Waals surface area contributed by atoms with Gasteiger partial charge in [0.05, 0.1) is 17.6 Å². The van der Waals surface area contributed by atoms with Crippen molar-refractivity contribution in [2.45, 2.75) is 37.4 Å². The topological polar surface area (TPSA) is 79.5 Å². The minimum absolute atomic E-state index is 0.439. The first kappa shape index (κ1) is 31.0. The highest BCUT2D eigenvalue weighted by atomic mass is 16.2. The molecule has 1 aliphatic rings. The molecule has 1 saturated heterocycles. The molecule has 0 amide bonds. The molecule has 0 aliphatic carbocycles.